The van der Waals surface area contributed by atoms with Crippen LogP contribution in [-0.2, 0) is 4.74 Å². The number of nitrogens with zero attached hydrogens (tertiary/aromatic N) is 1. The van der Waals surface area contributed by atoms with E-state index in [1.54, 1.807) is 19.2 Å². The number of halogens is 1. The van der Waals surface area contributed by atoms with E-state index in [-0.39, 0.29) is 11.9 Å². The molecule has 2 unspecified atom stereocenters. The second kappa shape index (κ2) is 5.82. The molecule has 5 heteroatoms. The SMILES string of the molecule is COC(CNC1=NCC(C)N1)c1ccc(F)cc1. The van der Waals surface area contributed by atoms with Gasteiger partial charge in [-0.2, -0.15) is 0 Å². The fraction of sp³-hybridized carbons (Fsp3) is 0.462. The van der Waals surface area contributed by atoms with Gasteiger partial charge < -0.3 is 15.4 Å². The molecule has 18 heavy (non-hydrogen) atoms. The maximum Gasteiger partial charge on any atom is 0.191 e. The van der Waals surface area contributed by atoms with Crippen LogP contribution < -0.4 is 10.6 Å². The van der Waals surface area contributed by atoms with Gasteiger partial charge in [0.1, 0.15) is 5.82 Å². The van der Waals surface area contributed by atoms with E-state index < -0.39 is 0 Å². The van der Waals surface area contributed by atoms with Gasteiger partial charge in [-0.15, -0.1) is 0 Å². The quantitative estimate of drug-likeness (QED) is 0.851. The lowest BCUT2D eigenvalue weighted by Crippen LogP contribution is -2.39. The molecule has 0 spiro atoms. The zero-order valence-electron chi connectivity index (χ0n) is 10.6. The third kappa shape index (κ3) is 3.20. The minimum atomic E-state index is -0.239. The van der Waals surface area contributed by atoms with Gasteiger partial charge in [-0.05, 0) is 24.6 Å². The van der Waals surface area contributed by atoms with Crippen molar-refractivity contribution in [2.75, 3.05) is 20.2 Å². The number of aliphatic imine (C=N–C) groups is 1. The van der Waals surface area contributed by atoms with Crippen LogP contribution in [-0.4, -0.2) is 32.2 Å². The van der Waals surface area contributed by atoms with Gasteiger partial charge in [0.15, 0.2) is 5.96 Å². The molecule has 0 fully saturated rings. The van der Waals surface area contributed by atoms with Gasteiger partial charge in [0.2, 0.25) is 0 Å². The number of methoxy groups -OCH3 is 1. The minimum absolute atomic E-state index is 0.119. The number of ether oxygens (including phenoxy) is 1. The molecule has 1 aliphatic rings. The van der Waals surface area contributed by atoms with Crippen LogP contribution in [0.3, 0.4) is 0 Å². The fourth-order valence-electron chi connectivity index (χ4n) is 1.86. The topological polar surface area (TPSA) is 45.6 Å². The predicted octanol–water partition coefficient (Wildman–Crippen LogP) is 1.45. The number of hydrogen-bond acceptors (Lipinski definition) is 4. The molecule has 0 aliphatic carbocycles. The summed E-state index contributed by atoms with van der Waals surface area (Å²) in [5, 5.41) is 6.41. The highest BCUT2D eigenvalue weighted by Gasteiger charge is 2.15. The van der Waals surface area contributed by atoms with E-state index in [9.17, 15) is 4.39 Å². The molecule has 1 aliphatic heterocycles. The first-order chi connectivity index (χ1) is 8.69. The molecule has 0 saturated carbocycles. The Kier molecular flexibility index (Phi) is 4.15. The summed E-state index contributed by atoms with van der Waals surface area (Å²) < 4.78 is 18.2. The Morgan fingerprint density at radius 2 is 2.22 bits per heavy atom. The fourth-order valence-corrected chi connectivity index (χ4v) is 1.86. The summed E-state index contributed by atoms with van der Waals surface area (Å²) in [6.07, 6.45) is -0.119. The first kappa shape index (κ1) is 12.8. The van der Waals surface area contributed by atoms with Crippen molar-refractivity contribution in [3.63, 3.8) is 0 Å². The van der Waals surface area contributed by atoms with Gasteiger partial charge in [-0.1, -0.05) is 12.1 Å². The summed E-state index contributed by atoms with van der Waals surface area (Å²) >= 11 is 0. The molecule has 1 heterocycles. The standard InChI is InChI=1S/C13H18FN3O/c1-9-7-15-13(17-9)16-8-12(18-2)10-3-5-11(14)6-4-10/h3-6,9,12H,7-8H2,1-2H3,(H2,15,16,17). The van der Waals surface area contributed by atoms with Crippen LogP contribution in [0.25, 0.3) is 0 Å². The van der Waals surface area contributed by atoms with Crippen molar-refractivity contribution >= 4 is 5.96 Å². The Bertz CT molecular complexity index is 419. The van der Waals surface area contributed by atoms with Crippen LogP contribution in [0.15, 0.2) is 29.3 Å². The molecule has 4 nitrogen and oxygen atoms in total. The molecule has 1 aromatic carbocycles. The Morgan fingerprint density at radius 3 is 2.78 bits per heavy atom. The summed E-state index contributed by atoms with van der Waals surface area (Å²) in [7, 11) is 1.64. The lowest BCUT2D eigenvalue weighted by atomic mass is 10.1. The number of nitrogens with one attached hydrogen (secondary N) is 2. The molecule has 1 aromatic rings. The lowest BCUT2D eigenvalue weighted by Gasteiger charge is -2.17. The monoisotopic (exact) mass is 251 g/mol. The van der Waals surface area contributed by atoms with Gasteiger partial charge in [0, 0.05) is 19.7 Å². The number of guanidine groups is 1. The van der Waals surface area contributed by atoms with Crippen molar-refractivity contribution in [2.24, 2.45) is 4.99 Å². The highest BCUT2D eigenvalue weighted by Crippen LogP contribution is 2.16. The second-order valence-electron chi connectivity index (χ2n) is 4.39. The maximum absolute atomic E-state index is 12.8. The molecular formula is C13H18FN3O. The van der Waals surface area contributed by atoms with Gasteiger partial charge in [0.25, 0.3) is 0 Å². The van der Waals surface area contributed by atoms with Crippen LogP contribution in [0.2, 0.25) is 0 Å². The van der Waals surface area contributed by atoms with Gasteiger partial charge in [-0.3, -0.25) is 4.99 Å². The third-order valence-electron chi connectivity index (χ3n) is 2.89. The van der Waals surface area contributed by atoms with Crippen molar-refractivity contribution in [1.82, 2.24) is 10.6 Å². The van der Waals surface area contributed by atoms with Crippen molar-refractivity contribution in [2.45, 2.75) is 19.1 Å². The molecule has 0 aromatic heterocycles. The first-order valence-electron chi connectivity index (χ1n) is 6.02. The summed E-state index contributed by atoms with van der Waals surface area (Å²) in [5.41, 5.74) is 0.943. The molecule has 98 valence electrons. The highest BCUT2D eigenvalue weighted by atomic mass is 19.1. The molecule has 0 amide bonds. The Morgan fingerprint density at radius 1 is 1.50 bits per heavy atom. The highest BCUT2D eigenvalue weighted by molar-refractivity contribution is 5.81. The average molecular weight is 251 g/mol. The first-order valence-corrected chi connectivity index (χ1v) is 6.02. The van der Waals surface area contributed by atoms with E-state index in [4.69, 9.17) is 4.74 Å². The third-order valence-corrected chi connectivity index (χ3v) is 2.89. The minimum Gasteiger partial charge on any atom is -0.375 e. The Hall–Kier alpha value is -1.62. The van der Waals surface area contributed by atoms with Crippen molar-refractivity contribution < 1.29 is 9.13 Å². The summed E-state index contributed by atoms with van der Waals surface area (Å²) in [6.45, 7) is 3.46. The Balaban J connectivity index is 1.91. The van der Waals surface area contributed by atoms with E-state index in [0.717, 1.165) is 18.1 Å². The van der Waals surface area contributed by atoms with Crippen molar-refractivity contribution in [1.29, 1.82) is 0 Å². The normalized spacial score (nSPS) is 20.2. The largest absolute Gasteiger partial charge is 0.375 e. The van der Waals surface area contributed by atoms with E-state index in [1.807, 2.05) is 0 Å². The van der Waals surface area contributed by atoms with Crippen molar-refractivity contribution in [3.8, 4) is 0 Å². The zero-order valence-corrected chi connectivity index (χ0v) is 10.6. The number of benzene rings is 1. The van der Waals surface area contributed by atoms with Crippen LogP contribution >= 0.6 is 0 Å². The summed E-state index contributed by atoms with van der Waals surface area (Å²) in [4.78, 5) is 4.31. The van der Waals surface area contributed by atoms with E-state index in [1.165, 1.54) is 12.1 Å². The van der Waals surface area contributed by atoms with Gasteiger partial charge in [-0.25, -0.2) is 4.39 Å². The molecule has 0 radical (unpaired) electrons. The van der Waals surface area contributed by atoms with Crippen LogP contribution in [0.5, 0.6) is 0 Å². The summed E-state index contributed by atoms with van der Waals surface area (Å²) in [5.74, 6) is 0.559. The molecule has 0 bridgehead atoms. The number of hydrogen-bond donors (Lipinski definition) is 2. The molecule has 2 N–H and O–H groups in total. The second-order valence-corrected chi connectivity index (χ2v) is 4.39. The molecule has 0 saturated heterocycles. The predicted molar refractivity (Wildman–Crippen MR) is 69.1 cm³/mol. The van der Waals surface area contributed by atoms with E-state index in [0.29, 0.717) is 12.6 Å². The summed E-state index contributed by atoms with van der Waals surface area (Å²) in [6, 6.07) is 6.72. The van der Waals surface area contributed by atoms with E-state index in [2.05, 4.69) is 22.5 Å². The average Bonchev–Trinajstić information content (AvgIpc) is 2.78. The maximum atomic E-state index is 12.8. The molecule has 2 rings (SSSR count). The Labute approximate surface area is 106 Å². The molecule has 2 atom stereocenters. The zero-order chi connectivity index (χ0) is 13.0. The van der Waals surface area contributed by atoms with Gasteiger partial charge >= 0.3 is 0 Å². The smallest absolute Gasteiger partial charge is 0.191 e. The van der Waals surface area contributed by atoms with Crippen LogP contribution in [0.1, 0.15) is 18.6 Å². The van der Waals surface area contributed by atoms with Crippen LogP contribution in [0.4, 0.5) is 4.39 Å². The van der Waals surface area contributed by atoms with E-state index >= 15 is 0 Å². The number of rotatable bonds is 4. The molecular weight excluding hydrogens is 233 g/mol. The lowest BCUT2D eigenvalue weighted by molar-refractivity contribution is 0.106. The van der Waals surface area contributed by atoms with Crippen molar-refractivity contribution in [3.05, 3.63) is 35.6 Å². The van der Waals surface area contributed by atoms with Gasteiger partial charge in [0.05, 0.1) is 12.6 Å². The van der Waals surface area contributed by atoms with Crippen LogP contribution in [0, 0.1) is 5.82 Å².